The number of anilines is 1. The SMILES string of the molecule is O=C(Nc1ccc(Cl)c(Cl)c1)c1cccc(C(F)(F)F)c1. The maximum Gasteiger partial charge on any atom is 0.416 e. The summed E-state index contributed by atoms with van der Waals surface area (Å²) in [5, 5.41) is 3.00. The van der Waals surface area contributed by atoms with Crippen LogP contribution in [-0.2, 0) is 6.18 Å². The van der Waals surface area contributed by atoms with E-state index in [-0.39, 0.29) is 10.6 Å². The molecule has 0 bridgehead atoms. The molecule has 0 unspecified atom stereocenters. The Morgan fingerprint density at radius 1 is 1.00 bits per heavy atom. The number of amides is 1. The van der Waals surface area contributed by atoms with E-state index >= 15 is 0 Å². The Hall–Kier alpha value is -1.72. The van der Waals surface area contributed by atoms with E-state index in [4.69, 9.17) is 23.2 Å². The predicted molar refractivity (Wildman–Crippen MR) is 75.9 cm³/mol. The average Bonchev–Trinajstić information content (AvgIpc) is 2.42. The second-order valence-corrected chi connectivity index (χ2v) is 4.98. The molecule has 2 rings (SSSR count). The summed E-state index contributed by atoms with van der Waals surface area (Å²) in [7, 11) is 0. The molecule has 1 N–H and O–H groups in total. The highest BCUT2D eigenvalue weighted by molar-refractivity contribution is 6.42. The number of rotatable bonds is 2. The van der Waals surface area contributed by atoms with Crippen molar-refractivity contribution in [3.05, 3.63) is 63.6 Å². The number of nitrogens with one attached hydrogen (secondary N) is 1. The van der Waals surface area contributed by atoms with Crippen LogP contribution in [0.2, 0.25) is 10.0 Å². The fraction of sp³-hybridized carbons (Fsp3) is 0.0714. The molecule has 0 spiro atoms. The van der Waals surface area contributed by atoms with Gasteiger partial charge in [0, 0.05) is 11.3 Å². The first-order valence-corrected chi connectivity index (χ1v) is 6.46. The highest BCUT2D eigenvalue weighted by Gasteiger charge is 2.30. The van der Waals surface area contributed by atoms with Crippen LogP contribution in [0.25, 0.3) is 0 Å². The van der Waals surface area contributed by atoms with E-state index in [1.807, 2.05) is 0 Å². The largest absolute Gasteiger partial charge is 0.416 e. The van der Waals surface area contributed by atoms with Gasteiger partial charge in [-0.1, -0.05) is 29.3 Å². The van der Waals surface area contributed by atoms with E-state index in [9.17, 15) is 18.0 Å². The molecule has 0 atom stereocenters. The van der Waals surface area contributed by atoms with Crippen molar-refractivity contribution in [2.75, 3.05) is 5.32 Å². The van der Waals surface area contributed by atoms with Crippen molar-refractivity contribution >= 4 is 34.8 Å². The molecule has 7 heteroatoms. The van der Waals surface area contributed by atoms with Gasteiger partial charge in [-0.15, -0.1) is 0 Å². The van der Waals surface area contributed by atoms with E-state index in [2.05, 4.69) is 5.32 Å². The van der Waals surface area contributed by atoms with Crippen LogP contribution in [0.1, 0.15) is 15.9 Å². The molecular weight excluding hydrogens is 326 g/mol. The van der Waals surface area contributed by atoms with Crippen molar-refractivity contribution in [3.8, 4) is 0 Å². The first-order chi connectivity index (χ1) is 9.77. The maximum absolute atomic E-state index is 12.6. The van der Waals surface area contributed by atoms with Crippen molar-refractivity contribution in [1.29, 1.82) is 0 Å². The van der Waals surface area contributed by atoms with Crippen LogP contribution in [0.3, 0.4) is 0 Å². The van der Waals surface area contributed by atoms with Gasteiger partial charge < -0.3 is 5.32 Å². The molecule has 21 heavy (non-hydrogen) atoms. The second kappa shape index (κ2) is 5.95. The zero-order valence-electron chi connectivity index (χ0n) is 10.3. The summed E-state index contributed by atoms with van der Waals surface area (Å²) in [5.74, 6) is -0.667. The molecule has 0 aliphatic carbocycles. The van der Waals surface area contributed by atoms with Gasteiger partial charge in [0.15, 0.2) is 0 Å². The number of hydrogen-bond donors (Lipinski definition) is 1. The van der Waals surface area contributed by atoms with Crippen LogP contribution >= 0.6 is 23.2 Å². The Labute approximate surface area is 128 Å². The lowest BCUT2D eigenvalue weighted by Gasteiger charge is -2.09. The van der Waals surface area contributed by atoms with Crippen molar-refractivity contribution in [3.63, 3.8) is 0 Å². The summed E-state index contributed by atoms with van der Waals surface area (Å²) < 4.78 is 37.8. The van der Waals surface area contributed by atoms with Crippen molar-refractivity contribution in [1.82, 2.24) is 0 Å². The topological polar surface area (TPSA) is 29.1 Å². The molecule has 110 valence electrons. The highest BCUT2D eigenvalue weighted by atomic mass is 35.5. The fourth-order valence-electron chi connectivity index (χ4n) is 1.61. The van der Waals surface area contributed by atoms with E-state index in [1.165, 1.54) is 30.3 Å². The van der Waals surface area contributed by atoms with Crippen LogP contribution in [0.4, 0.5) is 18.9 Å². The molecule has 2 aromatic carbocycles. The number of hydrogen-bond acceptors (Lipinski definition) is 1. The van der Waals surface area contributed by atoms with Gasteiger partial charge >= 0.3 is 6.18 Å². The fourth-order valence-corrected chi connectivity index (χ4v) is 1.91. The molecular formula is C14H8Cl2F3NO. The van der Waals surface area contributed by atoms with E-state index in [1.54, 1.807) is 0 Å². The highest BCUT2D eigenvalue weighted by Crippen LogP contribution is 2.30. The number of carbonyl (C=O) groups excluding carboxylic acids is 1. The monoisotopic (exact) mass is 333 g/mol. The third-order valence-electron chi connectivity index (χ3n) is 2.63. The lowest BCUT2D eigenvalue weighted by Crippen LogP contribution is -2.13. The summed E-state index contributed by atoms with van der Waals surface area (Å²) in [4.78, 5) is 11.9. The second-order valence-electron chi connectivity index (χ2n) is 4.16. The summed E-state index contributed by atoms with van der Waals surface area (Å²) in [6.45, 7) is 0. The van der Waals surface area contributed by atoms with Crippen molar-refractivity contribution in [2.24, 2.45) is 0 Å². The number of benzene rings is 2. The minimum atomic E-state index is -4.50. The van der Waals surface area contributed by atoms with Crippen LogP contribution in [0.5, 0.6) is 0 Å². The molecule has 2 nitrogen and oxygen atoms in total. The number of alkyl halides is 3. The van der Waals surface area contributed by atoms with Crippen LogP contribution < -0.4 is 5.32 Å². The molecule has 1 amide bonds. The van der Waals surface area contributed by atoms with E-state index in [0.717, 1.165) is 12.1 Å². The molecule has 0 heterocycles. The van der Waals surface area contributed by atoms with Crippen molar-refractivity contribution in [2.45, 2.75) is 6.18 Å². The Morgan fingerprint density at radius 3 is 2.33 bits per heavy atom. The first kappa shape index (κ1) is 15.7. The van der Waals surface area contributed by atoms with Gasteiger partial charge in [-0.2, -0.15) is 13.2 Å². The van der Waals surface area contributed by atoms with Gasteiger partial charge in [0.1, 0.15) is 0 Å². The van der Waals surface area contributed by atoms with Gasteiger partial charge in [0.2, 0.25) is 0 Å². The first-order valence-electron chi connectivity index (χ1n) is 5.71. The predicted octanol–water partition coefficient (Wildman–Crippen LogP) is 5.26. The van der Waals surface area contributed by atoms with Gasteiger partial charge in [-0.3, -0.25) is 4.79 Å². The Kier molecular flexibility index (Phi) is 4.44. The van der Waals surface area contributed by atoms with Gasteiger partial charge in [0.25, 0.3) is 5.91 Å². The summed E-state index contributed by atoms with van der Waals surface area (Å²) in [6, 6.07) is 8.54. The van der Waals surface area contributed by atoms with Crippen LogP contribution in [-0.4, -0.2) is 5.91 Å². The lowest BCUT2D eigenvalue weighted by atomic mass is 10.1. The average molecular weight is 334 g/mol. The van der Waals surface area contributed by atoms with E-state index < -0.39 is 17.6 Å². The van der Waals surface area contributed by atoms with Gasteiger partial charge in [-0.25, -0.2) is 0 Å². The molecule has 0 aromatic heterocycles. The zero-order valence-corrected chi connectivity index (χ0v) is 11.9. The smallest absolute Gasteiger partial charge is 0.322 e. The molecule has 0 saturated carbocycles. The standard InChI is InChI=1S/C14H8Cl2F3NO/c15-11-5-4-10(7-12(11)16)20-13(21)8-2-1-3-9(6-8)14(17,18)19/h1-7H,(H,20,21). The summed E-state index contributed by atoms with van der Waals surface area (Å²) in [5.41, 5.74) is -0.646. The Bertz CT molecular complexity index is 686. The third kappa shape index (κ3) is 3.89. The summed E-state index contributed by atoms with van der Waals surface area (Å²) >= 11 is 11.5. The number of halogens is 5. The summed E-state index contributed by atoms with van der Waals surface area (Å²) in [6.07, 6.45) is -4.50. The third-order valence-corrected chi connectivity index (χ3v) is 3.37. The van der Waals surface area contributed by atoms with Crippen molar-refractivity contribution < 1.29 is 18.0 Å². The zero-order chi connectivity index (χ0) is 15.6. The van der Waals surface area contributed by atoms with Gasteiger partial charge in [0.05, 0.1) is 15.6 Å². The Morgan fingerprint density at radius 2 is 1.71 bits per heavy atom. The van der Waals surface area contributed by atoms with Gasteiger partial charge in [-0.05, 0) is 36.4 Å². The lowest BCUT2D eigenvalue weighted by molar-refractivity contribution is -0.137. The minimum absolute atomic E-state index is 0.101. The quantitative estimate of drug-likeness (QED) is 0.797. The number of carbonyl (C=O) groups is 1. The van der Waals surface area contributed by atoms with Crippen LogP contribution in [0.15, 0.2) is 42.5 Å². The maximum atomic E-state index is 12.6. The van der Waals surface area contributed by atoms with Crippen LogP contribution in [0, 0.1) is 0 Å². The normalized spacial score (nSPS) is 11.3. The molecule has 0 aliphatic rings. The molecule has 0 fully saturated rings. The van der Waals surface area contributed by atoms with E-state index in [0.29, 0.717) is 10.7 Å². The molecule has 0 radical (unpaired) electrons. The molecule has 0 aliphatic heterocycles. The minimum Gasteiger partial charge on any atom is -0.322 e. The Balaban J connectivity index is 2.22. The molecule has 0 saturated heterocycles. The molecule has 2 aromatic rings.